The maximum atomic E-state index is 12.7. The number of H-pyrrole nitrogens is 1. The number of ether oxygens (including phenoxy) is 2. The van der Waals surface area contributed by atoms with Crippen LogP contribution in [0.2, 0.25) is 5.02 Å². The molecule has 2 aromatic carbocycles. The van der Waals surface area contributed by atoms with Gasteiger partial charge in [-0.3, -0.25) is 4.79 Å². The molecule has 144 valence electrons. The fourth-order valence-corrected chi connectivity index (χ4v) is 2.76. The molecule has 8 heteroatoms. The average molecular weight is 400 g/mol. The molecule has 0 radical (unpaired) electrons. The molecule has 0 aliphatic heterocycles. The number of methoxy groups -OCH3 is 2. The van der Waals surface area contributed by atoms with E-state index in [1.807, 2.05) is 6.92 Å². The Hall–Kier alpha value is -3.32. The van der Waals surface area contributed by atoms with Crippen molar-refractivity contribution in [1.82, 2.24) is 9.97 Å². The molecule has 28 heavy (non-hydrogen) atoms. The third-order valence-electron chi connectivity index (χ3n) is 4.10. The number of benzene rings is 2. The molecule has 0 saturated heterocycles. The van der Waals surface area contributed by atoms with Gasteiger partial charge >= 0.3 is 5.69 Å². The number of carbonyl (C=O) groups is 1. The van der Waals surface area contributed by atoms with Crippen LogP contribution in [-0.4, -0.2) is 30.1 Å². The first-order valence-electron chi connectivity index (χ1n) is 8.32. The highest BCUT2D eigenvalue weighted by atomic mass is 35.5. The van der Waals surface area contributed by atoms with Crippen molar-refractivity contribution in [1.29, 1.82) is 0 Å². The van der Waals surface area contributed by atoms with Crippen molar-refractivity contribution in [3.05, 3.63) is 69.2 Å². The molecule has 3 rings (SSSR count). The molecular weight excluding hydrogens is 382 g/mol. The van der Waals surface area contributed by atoms with Crippen molar-refractivity contribution >= 4 is 23.2 Å². The molecule has 0 spiro atoms. The number of aromatic nitrogens is 2. The summed E-state index contributed by atoms with van der Waals surface area (Å²) in [7, 11) is 3.04. The number of anilines is 1. The Labute approximate surface area is 166 Å². The lowest BCUT2D eigenvalue weighted by atomic mass is 10.1. The van der Waals surface area contributed by atoms with Crippen LogP contribution in [0.15, 0.2) is 47.3 Å². The Morgan fingerprint density at radius 1 is 1.11 bits per heavy atom. The number of aromatic amines is 1. The molecular formula is C20H18ClN3O4. The summed E-state index contributed by atoms with van der Waals surface area (Å²) in [5.74, 6) is 0.585. The van der Waals surface area contributed by atoms with E-state index in [0.29, 0.717) is 33.5 Å². The predicted molar refractivity (Wildman–Crippen MR) is 108 cm³/mol. The highest BCUT2D eigenvalue weighted by molar-refractivity contribution is 6.31. The maximum Gasteiger partial charge on any atom is 0.346 e. The van der Waals surface area contributed by atoms with E-state index >= 15 is 0 Å². The van der Waals surface area contributed by atoms with Gasteiger partial charge in [-0.25, -0.2) is 4.79 Å². The summed E-state index contributed by atoms with van der Waals surface area (Å²) >= 11 is 6.09. The lowest BCUT2D eigenvalue weighted by Crippen LogP contribution is -2.21. The number of nitrogens with zero attached hydrogens (tertiary/aromatic N) is 1. The van der Waals surface area contributed by atoms with E-state index in [4.69, 9.17) is 21.1 Å². The minimum Gasteiger partial charge on any atom is -0.497 e. The first-order chi connectivity index (χ1) is 13.4. The number of halogens is 1. The van der Waals surface area contributed by atoms with Gasteiger partial charge in [0.1, 0.15) is 17.2 Å². The minimum atomic E-state index is -0.627. The van der Waals surface area contributed by atoms with Gasteiger partial charge in [0.25, 0.3) is 5.91 Å². The largest absolute Gasteiger partial charge is 0.497 e. The third kappa shape index (κ3) is 4.15. The lowest BCUT2D eigenvalue weighted by Gasteiger charge is -2.12. The van der Waals surface area contributed by atoms with E-state index in [-0.39, 0.29) is 5.69 Å². The van der Waals surface area contributed by atoms with Crippen LogP contribution in [0, 0.1) is 6.92 Å². The maximum absolute atomic E-state index is 12.7. The van der Waals surface area contributed by atoms with Crippen LogP contribution in [-0.2, 0) is 0 Å². The number of rotatable bonds is 5. The van der Waals surface area contributed by atoms with E-state index in [0.717, 1.165) is 5.56 Å². The van der Waals surface area contributed by atoms with Crippen LogP contribution in [0.3, 0.4) is 0 Å². The van der Waals surface area contributed by atoms with Crippen molar-refractivity contribution in [2.75, 3.05) is 19.5 Å². The molecule has 0 bridgehead atoms. The van der Waals surface area contributed by atoms with Crippen molar-refractivity contribution in [2.24, 2.45) is 0 Å². The standard InChI is InChI=1S/C20H18ClN3O4/c1-11-8-16(18(28-3)9-14(11)21)22-19(25)17-10-15(23-20(26)24-17)12-4-6-13(27-2)7-5-12/h4-10H,1-3H3,(H,22,25)(H,23,24,26). The normalized spacial score (nSPS) is 10.4. The highest BCUT2D eigenvalue weighted by Gasteiger charge is 2.14. The topological polar surface area (TPSA) is 93.3 Å². The summed E-state index contributed by atoms with van der Waals surface area (Å²) in [6.45, 7) is 1.81. The number of nitrogens with one attached hydrogen (secondary N) is 2. The van der Waals surface area contributed by atoms with Gasteiger partial charge < -0.3 is 19.8 Å². The number of amides is 1. The lowest BCUT2D eigenvalue weighted by molar-refractivity contribution is 0.102. The second-order valence-electron chi connectivity index (χ2n) is 5.97. The molecule has 0 aliphatic carbocycles. The van der Waals surface area contributed by atoms with E-state index in [9.17, 15) is 9.59 Å². The molecule has 0 atom stereocenters. The summed E-state index contributed by atoms with van der Waals surface area (Å²) in [4.78, 5) is 31.1. The first-order valence-corrected chi connectivity index (χ1v) is 8.70. The minimum absolute atomic E-state index is 0.0699. The fraction of sp³-hybridized carbons (Fsp3) is 0.150. The number of aryl methyl sites for hydroxylation is 1. The van der Waals surface area contributed by atoms with Crippen molar-refractivity contribution in [2.45, 2.75) is 6.92 Å². The van der Waals surface area contributed by atoms with Gasteiger partial charge in [-0.15, -0.1) is 0 Å². The van der Waals surface area contributed by atoms with Crippen molar-refractivity contribution in [3.8, 4) is 22.8 Å². The van der Waals surface area contributed by atoms with Crippen LogP contribution >= 0.6 is 11.6 Å². The zero-order valence-electron chi connectivity index (χ0n) is 15.5. The molecule has 0 unspecified atom stereocenters. The van der Waals surface area contributed by atoms with E-state index in [2.05, 4.69) is 15.3 Å². The molecule has 3 aromatic rings. The zero-order valence-corrected chi connectivity index (χ0v) is 16.3. The van der Waals surface area contributed by atoms with Crippen LogP contribution in [0.25, 0.3) is 11.3 Å². The van der Waals surface area contributed by atoms with Crippen LogP contribution < -0.4 is 20.5 Å². The zero-order chi connectivity index (χ0) is 20.3. The Bertz CT molecular complexity index is 1080. The van der Waals surface area contributed by atoms with Gasteiger partial charge in [0.2, 0.25) is 0 Å². The van der Waals surface area contributed by atoms with E-state index in [1.54, 1.807) is 43.5 Å². The summed E-state index contributed by atoms with van der Waals surface area (Å²) in [5, 5.41) is 3.25. The Morgan fingerprint density at radius 2 is 1.82 bits per heavy atom. The number of hydrogen-bond donors (Lipinski definition) is 2. The van der Waals surface area contributed by atoms with Gasteiger partial charge in [0.15, 0.2) is 0 Å². The Kier molecular flexibility index (Phi) is 5.65. The van der Waals surface area contributed by atoms with Gasteiger partial charge in [0.05, 0.1) is 25.6 Å². The van der Waals surface area contributed by atoms with Crippen molar-refractivity contribution in [3.63, 3.8) is 0 Å². The molecule has 0 aliphatic rings. The molecule has 2 N–H and O–H groups in total. The second kappa shape index (κ2) is 8.14. The van der Waals surface area contributed by atoms with Crippen molar-refractivity contribution < 1.29 is 14.3 Å². The summed E-state index contributed by atoms with van der Waals surface area (Å²) in [6, 6.07) is 11.8. The predicted octanol–water partition coefficient (Wildman–Crippen LogP) is 3.67. The number of carbonyl (C=O) groups excluding carboxylic acids is 1. The Balaban J connectivity index is 1.93. The monoisotopic (exact) mass is 399 g/mol. The first kappa shape index (κ1) is 19.4. The SMILES string of the molecule is COc1ccc(-c2cc(C(=O)Nc3cc(C)c(Cl)cc3OC)[nH]c(=O)n2)cc1. The summed E-state index contributed by atoms with van der Waals surface area (Å²) < 4.78 is 10.4. The van der Waals surface area contributed by atoms with E-state index in [1.165, 1.54) is 13.2 Å². The fourth-order valence-electron chi connectivity index (χ4n) is 2.61. The van der Waals surface area contributed by atoms with Gasteiger partial charge in [0, 0.05) is 16.7 Å². The van der Waals surface area contributed by atoms with Gasteiger partial charge in [-0.2, -0.15) is 4.98 Å². The van der Waals surface area contributed by atoms with E-state index < -0.39 is 11.6 Å². The van der Waals surface area contributed by atoms with Crippen LogP contribution in [0.5, 0.6) is 11.5 Å². The molecule has 7 nitrogen and oxygen atoms in total. The molecule has 1 amide bonds. The van der Waals surface area contributed by atoms with Crippen LogP contribution in [0.1, 0.15) is 16.1 Å². The molecule has 1 heterocycles. The molecule has 1 aromatic heterocycles. The van der Waals surface area contributed by atoms with Crippen LogP contribution in [0.4, 0.5) is 5.69 Å². The quantitative estimate of drug-likeness (QED) is 0.682. The molecule has 0 saturated carbocycles. The average Bonchev–Trinajstić information content (AvgIpc) is 2.70. The highest BCUT2D eigenvalue weighted by Crippen LogP contribution is 2.31. The second-order valence-corrected chi connectivity index (χ2v) is 6.38. The summed E-state index contributed by atoms with van der Waals surface area (Å²) in [5.41, 5.74) is 1.72. The smallest absolute Gasteiger partial charge is 0.346 e. The third-order valence-corrected chi connectivity index (χ3v) is 4.51. The van der Waals surface area contributed by atoms with Gasteiger partial charge in [-0.05, 0) is 48.9 Å². The molecule has 0 fully saturated rings. The number of hydrogen-bond acceptors (Lipinski definition) is 5. The summed E-state index contributed by atoms with van der Waals surface area (Å²) in [6.07, 6.45) is 0. The Morgan fingerprint density at radius 3 is 2.46 bits per heavy atom. The van der Waals surface area contributed by atoms with Gasteiger partial charge in [-0.1, -0.05) is 11.6 Å².